The van der Waals surface area contributed by atoms with Crippen LogP contribution in [0.4, 0.5) is 4.39 Å². The molecule has 2 heterocycles. The van der Waals surface area contributed by atoms with Gasteiger partial charge in [-0.25, -0.2) is 4.39 Å². The molecule has 3 rings (SSSR count). The average Bonchev–Trinajstić information content (AvgIpc) is 2.93. The van der Waals surface area contributed by atoms with Gasteiger partial charge in [-0.05, 0) is 23.6 Å². The van der Waals surface area contributed by atoms with Gasteiger partial charge in [0.05, 0.1) is 10.8 Å². The molecule has 86 valence electrons. The Morgan fingerprint density at radius 1 is 1.35 bits per heavy atom. The van der Waals surface area contributed by atoms with E-state index in [1.807, 2.05) is 6.07 Å². The van der Waals surface area contributed by atoms with Crippen LogP contribution in [0, 0.1) is 5.82 Å². The summed E-state index contributed by atoms with van der Waals surface area (Å²) in [5.74, 6) is 0.827. The average molecular weight is 269 g/mol. The Labute approximate surface area is 105 Å². The van der Waals surface area contributed by atoms with E-state index in [9.17, 15) is 4.39 Å². The summed E-state index contributed by atoms with van der Waals surface area (Å²) >= 11 is 7.01. The molecule has 1 aromatic carbocycles. The molecule has 0 aliphatic carbocycles. The van der Waals surface area contributed by atoms with Crippen molar-refractivity contribution in [3.8, 4) is 10.8 Å². The second kappa shape index (κ2) is 4.09. The summed E-state index contributed by atoms with van der Waals surface area (Å²) in [6.07, 6.45) is 0. The molecule has 0 atom stereocenters. The van der Waals surface area contributed by atoms with Crippen LogP contribution in [-0.4, -0.2) is 10.1 Å². The molecule has 0 aliphatic rings. The van der Waals surface area contributed by atoms with Crippen molar-refractivity contribution >= 4 is 33.0 Å². The largest absolute Gasteiger partial charge is 0.333 e. The van der Waals surface area contributed by atoms with Crippen molar-refractivity contribution < 1.29 is 8.91 Å². The van der Waals surface area contributed by atoms with Gasteiger partial charge in [-0.3, -0.25) is 0 Å². The molecule has 0 bridgehead atoms. The maximum absolute atomic E-state index is 13.0. The fourth-order valence-electron chi connectivity index (χ4n) is 1.52. The number of fused-ring (bicyclic) bond motifs is 1. The molecule has 0 fully saturated rings. The predicted octanol–water partition coefficient (Wildman–Crippen LogP) is 3.83. The van der Waals surface area contributed by atoms with Gasteiger partial charge in [0.2, 0.25) is 0 Å². The Morgan fingerprint density at radius 2 is 2.24 bits per heavy atom. The van der Waals surface area contributed by atoms with E-state index in [-0.39, 0.29) is 11.7 Å². The van der Waals surface area contributed by atoms with Gasteiger partial charge in [-0.1, -0.05) is 11.2 Å². The van der Waals surface area contributed by atoms with Crippen molar-refractivity contribution in [3.05, 3.63) is 35.9 Å². The number of rotatable bonds is 2. The Hall–Kier alpha value is -1.46. The third kappa shape index (κ3) is 1.92. The van der Waals surface area contributed by atoms with Crippen LogP contribution in [0.1, 0.15) is 5.82 Å². The van der Waals surface area contributed by atoms with E-state index < -0.39 is 0 Å². The summed E-state index contributed by atoms with van der Waals surface area (Å²) in [4.78, 5) is 4.94. The Balaban J connectivity index is 2.11. The van der Waals surface area contributed by atoms with Gasteiger partial charge in [-0.2, -0.15) is 4.98 Å². The summed E-state index contributed by atoms with van der Waals surface area (Å²) in [5.41, 5.74) is 0. The molecule has 0 aliphatic heterocycles. The third-order valence-electron chi connectivity index (χ3n) is 2.28. The highest BCUT2D eigenvalue weighted by molar-refractivity contribution is 7.22. The molecule has 6 heteroatoms. The number of hydrogen-bond acceptors (Lipinski definition) is 4. The highest BCUT2D eigenvalue weighted by Crippen LogP contribution is 2.32. The van der Waals surface area contributed by atoms with Crippen LogP contribution in [0.2, 0.25) is 0 Å². The number of thiophene rings is 1. The molecule has 0 unspecified atom stereocenters. The standard InChI is InChI=1S/C11H6ClFN2OS/c12-5-10-14-11(16-15-10)9-3-6-1-2-7(13)4-8(6)17-9/h1-4H,5H2. The minimum atomic E-state index is -0.252. The van der Waals surface area contributed by atoms with E-state index in [0.29, 0.717) is 11.7 Å². The zero-order valence-electron chi connectivity index (χ0n) is 8.48. The lowest BCUT2D eigenvalue weighted by Gasteiger charge is -1.86. The molecular formula is C11H6ClFN2OS. The van der Waals surface area contributed by atoms with E-state index in [1.54, 1.807) is 6.07 Å². The monoisotopic (exact) mass is 268 g/mol. The lowest BCUT2D eigenvalue weighted by Crippen LogP contribution is -1.78. The van der Waals surface area contributed by atoms with Crippen LogP contribution in [-0.2, 0) is 5.88 Å². The van der Waals surface area contributed by atoms with Crippen molar-refractivity contribution in [1.29, 1.82) is 0 Å². The summed E-state index contributed by atoms with van der Waals surface area (Å²) < 4.78 is 19.0. The molecule has 17 heavy (non-hydrogen) atoms. The Morgan fingerprint density at radius 3 is 3.00 bits per heavy atom. The first-order chi connectivity index (χ1) is 8.26. The number of aromatic nitrogens is 2. The summed E-state index contributed by atoms with van der Waals surface area (Å²) in [6, 6.07) is 6.54. The number of nitrogens with zero attached hydrogens (tertiary/aromatic N) is 2. The third-order valence-corrected chi connectivity index (χ3v) is 3.61. The molecule has 0 amide bonds. The van der Waals surface area contributed by atoms with Crippen molar-refractivity contribution in [1.82, 2.24) is 10.1 Å². The van der Waals surface area contributed by atoms with E-state index in [0.717, 1.165) is 15.0 Å². The molecule has 3 nitrogen and oxygen atoms in total. The summed E-state index contributed by atoms with van der Waals surface area (Å²) in [6.45, 7) is 0. The second-order valence-corrected chi connectivity index (χ2v) is 4.79. The van der Waals surface area contributed by atoms with Crippen LogP contribution in [0.25, 0.3) is 20.9 Å². The first kappa shape index (κ1) is 10.7. The summed E-state index contributed by atoms with van der Waals surface area (Å²) in [7, 11) is 0. The molecule has 3 aromatic rings. The first-order valence-corrected chi connectivity index (χ1v) is 6.19. The van der Waals surface area contributed by atoms with Gasteiger partial charge in [0.25, 0.3) is 5.89 Å². The lowest BCUT2D eigenvalue weighted by molar-refractivity contribution is 0.426. The van der Waals surface area contributed by atoms with Gasteiger partial charge in [0.15, 0.2) is 5.82 Å². The van der Waals surface area contributed by atoms with Crippen LogP contribution in [0.3, 0.4) is 0 Å². The predicted molar refractivity (Wildman–Crippen MR) is 64.6 cm³/mol. The van der Waals surface area contributed by atoms with Gasteiger partial charge in [-0.15, -0.1) is 22.9 Å². The zero-order valence-corrected chi connectivity index (χ0v) is 10.1. The van der Waals surface area contributed by atoms with Crippen molar-refractivity contribution in [3.63, 3.8) is 0 Å². The van der Waals surface area contributed by atoms with E-state index in [1.165, 1.54) is 23.5 Å². The molecule has 0 spiro atoms. The molecule has 0 saturated heterocycles. The number of hydrogen-bond donors (Lipinski definition) is 0. The van der Waals surface area contributed by atoms with Crippen LogP contribution >= 0.6 is 22.9 Å². The van der Waals surface area contributed by atoms with Gasteiger partial charge in [0.1, 0.15) is 5.82 Å². The van der Waals surface area contributed by atoms with Gasteiger partial charge < -0.3 is 4.52 Å². The minimum absolute atomic E-state index is 0.211. The lowest BCUT2D eigenvalue weighted by atomic mass is 10.2. The fourth-order valence-corrected chi connectivity index (χ4v) is 2.64. The topological polar surface area (TPSA) is 38.9 Å². The molecule has 0 N–H and O–H groups in total. The SMILES string of the molecule is Fc1ccc2cc(-c3nc(CCl)no3)sc2c1. The van der Waals surface area contributed by atoms with E-state index in [2.05, 4.69) is 10.1 Å². The van der Waals surface area contributed by atoms with E-state index >= 15 is 0 Å². The summed E-state index contributed by atoms with van der Waals surface area (Å²) in [5, 5.41) is 4.67. The minimum Gasteiger partial charge on any atom is -0.333 e. The van der Waals surface area contributed by atoms with E-state index in [4.69, 9.17) is 16.1 Å². The normalized spacial score (nSPS) is 11.2. The van der Waals surface area contributed by atoms with Gasteiger partial charge >= 0.3 is 0 Å². The Bertz CT molecular complexity index is 679. The number of benzene rings is 1. The molecule has 0 radical (unpaired) electrons. The van der Waals surface area contributed by atoms with Crippen LogP contribution in [0.5, 0.6) is 0 Å². The zero-order chi connectivity index (χ0) is 11.8. The smallest absolute Gasteiger partial charge is 0.268 e. The highest BCUT2D eigenvalue weighted by atomic mass is 35.5. The maximum atomic E-state index is 13.0. The number of alkyl halides is 1. The molecular weight excluding hydrogens is 263 g/mol. The second-order valence-electron chi connectivity index (χ2n) is 3.44. The van der Waals surface area contributed by atoms with Gasteiger partial charge in [0, 0.05) is 4.70 Å². The molecule has 0 saturated carbocycles. The van der Waals surface area contributed by atoms with Crippen LogP contribution in [0.15, 0.2) is 28.8 Å². The van der Waals surface area contributed by atoms with Crippen molar-refractivity contribution in [2.24, 2.45) is 0 Å². The first-order valence-electron chi connectivity index (χ1n) is 4.84. The fraction of sp³-hybridized carbons (Fsp3) is 0.0909. The maximum Gasteiger partial charge on any atom is 0.268 e. The van der Waals surface area contributed by atoms with Crippen molar-refractivity contribution in [2.45, 2.75) is 5.88 Å². The Kier molecular flexibility index (Phi) is 2.57. The van der Waals surface area contributed by atoms with Crippen LogP contribution < -0.4 is 0 Å². The van der Waals surface area contributed by atoms with Crippen molar-refractivity contribution in [2.75, 3.05) is 0 Å². The highest BCUT2D eigenvalue weighted by Gasteiger charge is 2.11. The number of halogens is 2. The quantitative estimate of drug-likeness (QED) is 0.663. The molecule has 2 aromatic heterocycles.